The topological polar surface area (TPSA) is 58.4 Å². The third-order valence-electron chi connectivity index (χ3n) is 4.39. The minimum absolute atomic E-state index is 0.0475. The van der Waals surface area contributed by atoms with Gasteiger partial charge in [0.2, 0.25) is 5.91 Å². The fraction of sp³-hybridized carbons (Fsp3) is 0.933. The van der Waals surface area contributed by atoms with E-state index in [4.69, 9.17) is 5.73 Å². The van der Waals surface area contributed by atoms with Crippen molar-refractivity contribution in [3.8, 4) is 0 Å². The molecule has 1 amide bonds. The molecule has 4 nitrogen and oxygen atoms in total. The second-order valence-electron chi connectivity index (χ2n) is 5.65. The van der Waals surface area contributed by atoms with Crippen LogP contribution in [0.15, 0.2) is 0 Å². The zero-order valence-corrected chi connectivity index (χ0v) is 12.8. The molecule has 0 aromatic carbocycles. The standard InChI is InChI=1S/C15H31N3O/c1-4-10-17-15(19)12(3)18(5-2)14-9-7-6-8-13(14)11-16/h12-14H,4-11,16H2,1-3H3,(H,17,19). The maximum atomic E-state index is 12.2. The molecule has 3 atom stereocenters. The van der Waals surface area contributed by atoms with E-state index in [1.165, 1.54) is 25.7 Å². The number of hydrogen-bond donors (Lipinski definition) is 2. The average molecular weight is 269 g/mol. The average Bonchev–Trinajstić information content (AvgIpc) is 2.45. The third-order valence-corrected chi connectivity index (χ3v) is 4.39. The van der Waals surface area contributed by atoms with Crippen molar-refractivity contribution in [2.45, 2.75) is 65.0 Å². The first-order valence-electron chi connectivity index (χ1n) is 7.89. The molecule has 19 heavy (non-hydrogen) atoms. The van der Waals surface area contributed by atoms with Gasteiger partial charge in [-0.2, -0.15) is 0 Å². The molecule has 1 fully saturated rings. The van der Waals surface area contributed by atoms with E-state index >= 15 is 0 Å². The van der Waals surface area contributed by atoms with E-state index in [0.717, 1.165) is 26.1 Å². The normalized spacial score (nSPS) is 25.3. The SMILES string of the molecule is CCCNC(=O)C(C)N(CC)C1CCCCC1CN. The fourth-order valence-corrected chi connectivity index (χ4v) is 3.24. The number of rotatable bonds is 7. The predicted octanol–water partition coefficient (Wildman–Crippen LogP) is 1.74. The van der Waals surface area contributed by atoms with Crippen LogP contribution in [0.3, 0.4) is 0 Å². The first kappa shape index (κ1) is 16.4. The number of likely N-dealkylation sites (N-methyl/N-ethyl adjacent to an activating group) is 1. The zero-order valence-electron chi connectivity index (χ0n) is 12.8. The molecule has 3 N–H and O–H groups in total. The summed E-state index contributed by atoms with van der Waals surface area (Å²) in [5.41, 5.74) is 5.92. The quantitative estimate of drug-likeness (QED) is 0.740. The Bertz CT molecular complexity index is 270. The van der Waals surface area contributed by atoms with Gasteiger partial charge in [-0.3, -0.25) is 9.69 Å². The largest absolute Gasteiger partial charge is 0.355 e. The Hall–Kier alpha value is -0.610. The minimum atomic E-state index is -0.0475. The second-order valence-corrected chi connectivity index (χ2v) is 5.65. The lowest BCUT2D eigenvalue weighted by molar-refractivity contribution is -0.127. The summed E-state index contributed by atoms with van der Waals surface area (Å²) in [5.74, 6) is 0.708. The Balaban J connectivity index is 2.66. The Morgan fingerprint density at radius 1 is 1.37 bits per heavy atom. The fourth-order valence-electron chi connectivity index (χ4n) is 3.24. The smallest absolute Gasteiger partial charge is 0.237 e. The van der Waals surface area contributed by atoms with Crippen LogP contribution >= 0.6 is 0 Å². The van der Waals surface area contributed by atoms with E-state index in [0.29, 0.717) is 12.0 Å². The van der Waals surface area contributed by atoms with Gasteiger partial charge in [-0.15, -0.1) is 0 Å². The van der Waals surface area contributed by atoms with Gasteiger partial charge in [0.15, 0.2) is 0 Å². The molecule has 4 heteroatoms. The number of carbonyl (C=O) groups is 1. The zero-order chi connectivity index (χ0) is 14.3. The molecule has 112 valence electrons. The van der Waals surface area contributed by atoms with Crippen LogP contribution in [0.25, 0.3) is 0 Å². The van der Waals surface area contributed by atoms with Crippen LogP contribution in [0.1, 0.15) is 52.9 Å². The number of nitrogens with one attached hydrogen (secondary N) is 1. The molecule has 0 aliphatic heterocycles. The highest BCUT2D eigenvalue weighted by Crippen LogP contribution is 2.29. The molecule has 0 saturated heterocycles. The van der Waals surface area contributed by atoms with E-state index in [1.54, 1.807) is 0 Å². The summed E-state index contributed by atoms with van der Waals surface area (Å²) < 4.78 is 0. The van der Waals surface area contributed by atoms with Crippen molar-refractivity contribution in [3.05, 3.63) is 0 Å². The number of carbonyl (C=O) groups excluding carboxylic acids is 1. The summed E-state index contributed by atoms with van der Waals surface area (Å²) in [5, 5.41) is 3.01. The van der Waals surface area contributed by atoms with Gasteiger partial charge >= 0.3 is 0 Å². The number of amides is 1. The van der Waals surface area contributed by atoms with Crippen molar-refractivity contribution >= 4 is 5.91 Å². The summed E-state index contributed by atoms with van der Waals surface area (Å²) in [7, 11) is 0. The Labute approximate surface area is 118 Å². The summed E-state index contributed by atoms with van der Waals surface area (Å²) in [6, 6.07) is 0.430. The van der Waals surface area contributed by atoms with Crippen molar-refractivity contribution in [1.82, 2.24) is 10.2 Å². The number of nitrogens with zero attached hydrogens (tertiary/aromatic N) is 1. The third kappa shape index (κ3) is 4.46. The highest BCUT2D eigenvalue weighted by molar-refractivity contribution is 5.81. The highest BCUT2D eigenvalue weighted by atomic mass is 16.2. The molecular weight excluding hydrogens is 238 g/mol. The van der Waals surface area contributed by atoms with Crippen LogP contribution < -0.4 is 11.1 Å². The van der Waals surface area contributed by atoms with Gasteiger partial charge in [-0.05, 0) is 45.2 Å². The Morgan fingerprint density at radius 3 is 2.63 bits per heavy atom. The summed E-state index contributed by atoms with van der Waals surface area (Å²) in [4.78, 5) is 14.5. The molecule has 0 aromatic rings. The van der Waals surface area contributed by atoms with Crippen molar-refractivity contribution in [2.24, 2.45) is 11.7 Å². The molecule has 0 heterocycles. The van der Waals surface area contributed by atoms with Crippen molar-refractivity contribution in [1.29, 1.82) is 0 Å². The van der Waals surface area contributed by atoms with E-state index in [1.807, 2.05) is 6.92 Å². The molecule has 0 radical (unpaired) electrons. The second kappa shape index (κ2) is 8.54. The van der Waals surface area contributed by atoms with Crippen molar-refractivity contribution in [2.75, 3.05) is 19.6 Å². The lowest BCUT2D eigenvalue weighted by atomic mass is 9.83. The van der Waals surface area contributed by atoms with Gasteiger partial charge < -0.3 is 11.1 Å². The van der Waals surface area contributed by atoms with Crippen LogP contribution in [0.2, 0.25) is 0 Å². The van der Waals surface area contributed by atoms with Crippen molar-refractivity contribution in [3.63, 3.8) is 0 Å². The molecule has 3 unspecified atom stereocenters. The van der Waals surface area contributed by atoms with Crippen LogP contribution in [0.4, 0.5) is 0 Å². The van der Waals surface area contributed by atoms with E-state index in [9.17, 15) is 4.79 Å². The first-order chi connectivity index (χ1) is 9.15. The van der Waals surface area contributed by atoms with Crippen LogP contribution in [-0.2, 0) is 4.79 Å². The highest BCUT2D eigenvalue weighted by Gasteiger charge is 2.33. The number of nitrogens with two attached hydrogens (primary N) is 1. The van der Waals surface area contributed by atoms with Crippen LogP contribution in [-0.4, -0.2) is 42.5 Å². The summed E-state index contributed by atoms with van der Waals surface area (Å²) in [6.45, 7) is 8.68. The first-order valence-corrected chi connectivity index (χ1v) is 7.89. The molecule has 1 saturated carbocycles. The van der Waals surface area contributed by atoms with Crippen molar-refractivity contribution < 1.29 is 4.79 Å². The predicted molar refractivity (Wildman–Crippen MR) is 79.9 cm³/mol. The monoisotopic (exact) mass is 269 g/mol. The molecular formula is C15H31N3O. The number of hydrogen-bond acceptors (Lipinski definition) is 3. The van der Waals surface area contributed by atoms with Gasteiger partial charge in [0.1, 0.15) is 0 Å². The maximum Gasteiger partial charge on any atom is 0.237 e. The molecule has 0 bridgehead atoms. The van der Waals surface area contributed by atoms with Crippen LogP contribution in [0.5, 0.6) is 0 Å². The lowest BCUT2D eigenvalue weighted by Crippen LogP contribution is -2.53. The molecule has 1 aliphatic carbocycles. The molecule has 1 aliphatic rings. The molecule has 0 aromatic heterocycles. The minimum Gasteiger partial charge on any atom is -0.355 e. The lowest BCUT2D eigenvalue weighted by Gasteiger charge is -2.41. The van der Waals surface area contributed by atoms with Crippen LogP contribution in [0, 0.1) is 5.92 Å². The Morgan fingerprint density at radius 2 is 2.05 bits per heavy atom. The van der Waals surface area contributed by atoms with E-state index in [2.05, 4.69) is 24.1 Å². The van der Waals surface area contributed by atoms with Gasteiger partial charge in [0.25, 0.3) is 0 Å². The van der Waals surface area contributed by atoms with Gasteiger partial charge in [-0.25, -0.2) is 0 Å². The maximum absolute atomic E-state index is 12.2. The molecule has 1 rings (SSSR count). The summed E-state index contributed by atoms with van der Waals surface area (Å²) in [6.07, 6.45) is 5.93. The van der Waals surface area contributed by atoms with E-state index < -0.39 is 0 Å². The Kier molecular flexibility index (Phi) is 7.39. The van der Waals surface area contributed by atoms with Gasteiger partial charge in [-0.1, -0.05) is 26.7 Å². The van der Waals surface area contributed by atoms with E-state index in [-0.39, 0.29) is 11.9 Å². The van der Waals surface area contributed by atoms with Gasteiger partial charge in [0.05, 0.1) is 6.04 Å². The molecule has 0 spiro atoms. The summed E-state index contributed by atoms with van der Waals surface area (Å²) >= 11 is 0. The van der Waals surface area contributed by atoms with Gasteiger partial charge in [0, 0.05) is 12.6 Å².